The van der Waals surface area contributed by atoms with E-state index in [1.165, 1.54) is 30.0 Å². The number of nitrogens with zero attached hydrogens (tertiary/aromatic N) is 2. The number of benzene rings is 1. The Bertz CT molecular complexity index is 768. The smallest absolute Gasteiger partial charge is 0.267 e. The number of anilines is 2. The molecule has 0 spiro atoms. The van der Waals surface area contributed by atoms with E-state index < -0.39 is 10.0 Å². The van der Waals surface area contributed by atoms with Crippen LogP contribution in [0.1, 0.15) is 32.6 Å². The van der Waals surface area contributed by atoms with Gasteiger partial charge in [0.15, 0.2) is 0 Å². The Balaban J connectivity index is 1.84. The van der Waals surface area contributed by atoms with Gasteiger partial charge in [0, 0.05) is 12.6 Å². The molecule has 1 N–H and O–H groups in total. The Labute approximate surface area is 150 Å². The van der Waals surface area contributed by atoms with Gasteiger partial charge in [-0.05, 0) is 50.8 Å². The van der Waals surface area contributed by atoms with E-state index in [0.29, 0.717) is 12.2 Å². The molecule has 2 aromatic rings. The predicted molar refractivity (Wildman–Crippen MR) is 100 cm³/mol. The summed E-state index contributed by atoms with van der Waals surface area (Å²) >= 11 is 0. The third-order valence-electron chi connectivity index (χ3n) is 4.63. The summed E-state index contributed by atoms with van der Waals surface area (Å²) in [5.41, 5.74) is 0.682. The highest BCUT2D eigenvalue weighted by molar-refractivity contribution is 7.92. The SMILES string of the molecule is CCN(c1ccccc1)S(=O)(=O)c1ccc(N2CCCCCC2)[nH+]c1. The number of nitrogens with one attached hydrogen (secondary N) is 1. The number of sulfonamides is 1. The van der Waals surface area contributed by atoms with Crippen LogP contribution >= 0.6 is 0 Å². The third kappa shape index (κ3) is 3.95. The number of aromatic nitrogens is 1. The van der Waals surface area contributed by atoms with Gasteiger partial charge in [0.25, 0.3) is 15.8 Å². The van der Waals surface area contributed by atoms with Crippen LogP contribution in [-0.4, -0.2) is 28.1 Å². The van der Waals surface area contributed by atoms with Gasteiger partial charge in [0.2, 0.25) is 0 Å². The number of hydrogen-bond donors (Lipinski definition) is 0. The van der Waals surface area contributed by atoms with Crippen molar-refractivity contribution >= 4 is 21.5 Å². The first-order valence-corrected chi connectivity index (χ1v) is 10.4. The van der Waals surface area contributed by atoms with Crippen molar-refractivity contribution in [2.24, 2.45) is 0 Å². The molecule has 134 valence electrons. The highest BCUT2D eigenvalue weighted by atomic mass is 32.2. The summed E-state index contributed by atoms with van der Waals surface area (Å²) in [6, 6.07) is 12.8. The normalized spacial score (nSPS) is 15.6. The number of aromatic amines is 1. The van der Waals surface area contributed by atoms with Crippen LogP contribution in [0.2, 0.25) is 0 Å². The lowest BCUT2D eigenvalue weighted by Gasteiger charge is -2.22. The predicted octanol–water partition coefficient (Wildman–Crippen LogP) is 3.10. The second kappa shape index (κ2) is 7.87. The molecule has 0 saturated carbocycles. The van der Waals surface area contributed by atoms with Crippen LogP contribution in [-0.2, 0) is 10.0 Å². The molecule has 1 aliphatic heterocycles. The summed E-state index contributed by atoms with van der Waals surface area (Å²) < 4.78 is 27.4. The van der Waals surface area contributed by atoms with Crippen molar-refractivity contribution in [3.8, 4) is 0 Å². The molecule has 3 rings (SSSR count). The zero-order valence-corrected chi connectivity index (χ0v) is 15.5. The van der Waals surface area contributed by atoms with E-state index in [9.17, 15) is 8.42 Å². The molecule has 1 aliphatic rings. The summed E-state index contributed by atoms with van der Waals surface area (Å²) in [6.45, 7) is 4.28. The van der Waals surface area contributed by atoms with Crippen LogP contribution in [0, 0.1) is 0 Å². The first-order chi connectivity index (χ1) is 12.1. The monoisotopic (exact) mass is 360 g/mol. The van der Waals surface area contributed by atoms with E-state index in [-0.39, 0.29) is 4.90 Å². The fourth-order valence-corrected chi connectivity index (χ4v) is 4.73. The van der Waals surface area contributed by atoms with Crippen molar-refractivity contribution in [3.05, 3.63) is 48.7 Å². The summed E-state index contributed by atoms with van der Waals surface area (Å²) in [5.74, 6) is 0.989. The number of rotatable bonds is 5. The van der Waals surface area contributed by atoms with Crippen LogP contribution < -0.4 is 14.2 Å². The standard InChI is InChI=1S/C19H25N3O2S/c1-2-22(17-10-6-5-7-11-17)25(23,24)18-12-13-19(20-16-18)21-14-8-3-4-9-15-21/h5-7,10-13,16H,2-4,8-9,14-15H2,1H3/p+1. The van der Waals surface area contributed by atoms with Crippen molar-refractivity contribution in [2.75, 3.05) is 28.8 Å². The fraction of sp³-hybridized carbons (Fsp3) is 0.421. The Kier molecular flexibility index (Phi) is 5.58. The largest absolute Gasteiger partial charge is 0.274 e. The molecule has 1 aromatic heterocycles. The number of hydrogen-bond acceptors (Lipinski definition) is 3. The number of H-pyrrole nitrogens is 1. The average Bonchev–Trinajstić information content (AvgIpc) is 2.92. The van der Waals surface area contributed by atoms with Crippen LogP contribution in [0.5, 0.6) is 0 Å². The highest BCUT2D eigenvalue weighted by Crippen LogP contribution is 2.23. The maximum atomic E-state index is 13.0. The lowest BCUT2D eigenvalue weighted by atomic mass is 10.2. The van der Waals surface area contributed by atoms with Gasteiger partial charge in [0.1, 0.15) is 11.1 Å². The quantitative estimate of drug-likeness (QED) is 0.823. The first-order valence-electron chi connectivity index (χ1n) is 8.97. The van der Waals surface area contributed by atoms with Gasteiger partial charge >= 0.3 is 0 Å². The summed E-state index contributed by atoms with van der Waals surface area (Å²) in [5, 5.41) is 0. The summed E-state index contributed by atoms with van der Waals surface area (Å²) in [6.07, 6.45) is 6.52. The van der Waals surface area contributed by atoms with E-state index in [2.05, 4.69) is 9.88 Å². The van der Waals surface area contributed by atoms with Gasteiger partial charge in [-0.3, -0.25) is 9.21 Å². The highest BCUT2D eigenvalue weighted by Gasteiger charge is 2.26. The number of pyridine rings is 1. The number of para-hydroxylation sites is 1. The van der Waals surface area contributed by atoms with Crippen molar-refractivity contribution in [1.29, 1.82) is 0 Å². The molecule has 0 atom stereocenters. The van der Waals surface area contributed by atoms with E-state index in [1.54, 1.807) is 12.3 Å². The molecule has 1 fully saturated rings. The van der Waals surface area contributed by atoms with Crippen molar-refractivity contribution < 1.29 is 13.4 Å². The minimum atomic E-state index is -3.58. The fourth-order valence-electron chi connectivity index (χ4n) is 3.28. The molecule has 0 radical (unpaired) electrons. The average molecular weight is 361 g/mol. The Hall–Kier alpha value is -2.08. The van der Waals surface area contributed by atoms with Gasteiger partial charge in [-0.15, -0.1) is 0 Å². The van der Waals surface area contributed by atoms with Gasteiger partial charge in [0.05, 0.1) is 18.8 Å². The van der Waals surface area contributed by atoms with Crippen LogP contribution in [0.3, 0.4) is 0 Å². The van der Waals surface area contributed by atoms with Crippen molar-refractivity contribution in [3.63, 3.8) is 0 Å². The molecule has 5 nitrogen and oxygen atoms in total. The van der Waals surface area contributed by atoms with E-state index in [0.717, 1.165) is 18.9 Å². The maximum absolute atomic E-state index is 13.0. The molecule has 6 heteroatoms. The topological polar surface area (TPSA) is 54.8 Å². The molecule has 1 saturated heterocycles. The second-order valence-corrected chi connectivity index (χ2v) is 8.18. The van der Waals surface area contributed by atoms with Crippen LogP contribution in [0.25, 0.3) is 0 Å². The Morgan fingerprint density at radius 3 is 2.24 bits per heavy atom. The zero-order valence-electron chi connectivity index (χ0n) is 14.7. The molecule has 1 aromatic carbocycles. The molecular formula is C19H26N3O2S+. The van der Waals surface area contributed by atoms with Crippen molar-refractivity contribution in [2.45, 2.75) is 37.5 Å². The molecule has 2 heterocycles. The zero-order chi connectivity index (χ0) is 17.7. The molecule has 0 amide bonds. The van der Waals surface area contributed by atoms with Crippen LogP contribution in [0.4, 0.5) is 11.5 Å². The molecule has 25 heavy (non-hydrogen) atoms. The lowest BCUT2D eigenvalue weighted by molar-refractivity contribution is -0.367. The Morgan fingerprint density at radius 2 is 1.68 bits per heavy atom. The van der Waals surface area contributed by atoms with E-state index in [1.807, 2.05) is 43.3 Å². The third-order valence-corrected chi connectivity index (χ3v) is 6.53. The molecule has 0 aliphatic carbocycles. The molecule has 0 bridgehead atoms. The Morgan fingerprint density at radius 1 is 1.00 bits per heavy atom. The van der Waals surface area contributed by atoms with Gasteiger partial charge in [-0.1, -0.05) is 18.2 Å². The van der Waals surface area contributed by atoms with Gasteiger partial charge in [-0.2, -0.15) is 0 Å². The molecular weight excluding hydrogens is 334 g/mol. The van der Waals surface area contributed by atoms with Crippen molar-refractivity contribution in [1.82, 2.24) is 0 Å². The van der Waals surface area contributed by atoms with E-state index in [4.69, 9.17) is 0 Å². The lowest BCUT2D eigenvalue weighted by Crippen LogP contribution is -2.33. The maximum Gasteiger partial charge on any atom is 0.274 e. The van der Waals surface area contributed by atoms with Gasteiger partial charge in [-0.25, -0.2) is 13.4 Å². The van der Waals surface area contributed by atoms with Gasteiger partial charge < -0.3 is 0 Å². The minimum absolute atomic E-state index is 0.289. The minimum Gasteiger partial charge on any atom is -0.267 e. The van der Waals surface area contributed by atoms with Crippen LogP contribution in [0.15, 0.2) is 53.6 Å². The molecule has 0 unspecified atom stereocenters. The second-order valence-electron chi connectivity index (χ2n) is 6.32. The first kappa shape index (κ1) is 17.7. The summed E-state index contributed by atoms with van der Waals surface area (Å²) in [7, 11) is -3.58. The summed E-state index contributed by atoms with van der Waals surface area (Å²) in [4.78, 5) is 5.78. The van der Waals surface area contributed by atoms with E-state index >= 15 is 0 Å².